The molecule has 0 aliphatic carbocycles. The zero-order valence-electron chi connectivity index (χ0n) is 15.3. The molecule has 0 spiro atoms. The van der Waals surface area contributed by atoms with Crippen molar-refractivity contribution < 1.29 is 8.42 Å². The summed E-state index contributed by atoms with van der Waals surface area (Å²) in [4.78, 5) is 7.45. The number of benzene rings is 2. The topological polar surface area (TPSA) is 101 Å². The molecule has 0 fully saturated rings. The van der Waals surface area contributed by atoms with E-state index in [1.165, 1.54) is 12.3 Å². The minimum absolute atomic E-state index is 0.0256. The monoisotopic (exact) mass is 426 g/mol. The van der Waals surface area contributed by atoms with E-state index in [0.29, 0.717) is 17.4 Å². The molecule has 2 heterocycles. The molecule has 6 nitrogen and oxygen atoms in total. The van der Waals surface area contributed by atoms with Crippen LogP contribution in [0, 0.1) is 0 Å². The van der Waals surface area contributed by atoms with Crippen molar-refractivity contribution in [2.45, 2.75) is 10.8 Å². The summed E-state index contributed by atoms with van der Waals surface area (Å²) in [6, 6.07) is 18.9. The first-order valence-corrected chi connectivity index (χ1v) is 10.9. The molecule has 0 amide bonds. The third-order valence-corrected chi connectivity index (χ3v) is 6.07. The highest BCUT2D eigenvalue weighted by atomic mass is 35.5. The fraction of sp³-hybridized carbons (Fsp3) is 0.0952. The van der Waals surface area contributed by atoms with Crippen LogP contribution >= 0.6 is 11.6 Å². The highest BCUT2D eigenvalue weighted by Crippen LogP contribution is 2.34. The lowest BCUT2D eigenvalue weighted by Crippen LogP contribution is -2.16. The zero-order chi connectivity index (χ0) is 20.4. The molecule has 0 saturated carbocycles. The van der Waals surface area contributed by atoms with E-state index in [2.05, 4.69) is 21.4 Å². The first-order chi connectivity index (χ1) is 13.9. The molecule has 0 aliphatic heterocycles. The van der Waals surface area contributed by atoms with E-state index < -0.39 is 10.0 Å². The predicted octanol–water partition coefficient (Wildman–Crippen LogP) is 4.11. The molecule has 1 unspecified atom stereocenters. The van der Waals surface area contributed by atoms with Gasteiger partial charge in [0.15, 0.2) is 0 Å². The molecule has 8 heteroatoms. The first kappa shape index (κ1) is 19.4. The van der Waals surface area contributed by atoms with Crippen LogP contribution in [-0.4, -0.2) is 24.9 Å². The van der Waals surface area contributed by atoms with E-state index in [4.69, 9.17) is 16.7 Å². The number of primary sulfonamides is 1. The van der Waals surface area contributed by atoms with Crippen molar-refractivity contribution >= 4 is 38.3 Å². The van der Waals surface area contributed by atoms with Crippen LogP contribution in [0.4, 0.5) is 5.82 Å². The lowest BCUT2D eigenvalue weighted by atomic mass is 9.91. The summed E-state index contributed by atoms with van der Waals surface area (Å²) in [6.45, 7) is 0.521. The smallest absolute Gasteiger partial charge is 0.239 e. The SMILES string of the molecule is NS(=O)(=O)c1ccc(NCC(c2ccccc2Cl)c2c[nH]c3ccccc23)nc1. The number of fused-ring (bicyclic) bond motifs is 1. The van der Waals surface area contributed by atoms with Crippen molar-refractivity contribution in [2.24, 2.45) is 5.14 Å². The minimum atomic E-state index is -3.77. The summed E-state index contributed by atoms with van der Waals surface area (Å²) in [6.07, 6.45) is 3.24. The lowest BCUT2D eigenvalue weighted by Gasteiger charge is -2.20. The summed E-state index contributed by atoms with van der Waals surface area (Å²) < 4.78 is 22.8. The second-order valence-electron chi connectivity index (χ2n) is 6.67. The van der Waals surface area contributed by atoms with Gasteiger partial charge in [0, 0.05) is 40.8 Å². The van der Waals surface area contributed by atoms with Crippen LogP contribution < -0.4 is 10.5 Å². The number of rotatable bonds is 6. The Kier molecular flexibility index (Phi) is 5.27. The Morgan fingerprint density at radius 2 is 1.79 bits per heavy atom. The second kappa shape index (κ2) is 7.87. The molecular formula is C21H19ClN4O2S. The maximum Gasteiger partial charge on any atom is 0.239 e. The fourth-order valence-corrected chi connectivity index (χ4v) is 4.11. The van der Waals surface area contributed by atoms with E-state index in [-0.39, 0.29) is 10.8 Å². The van der Waals surface area contributed by atoms with Gasteiger partial charge in [-0.1, -0.05) is 48.0 Å². The largest absolute Gasteiger partial charge is 0.369 e. The van der Waals surface area contributed by atoms with E-state index >= 15 is 0 Å². The van der Waals surface area contributed by atoms with Gasteiger partial charge < -0.3 is 10.3 Å². The molecule has 4 rings (SSSR count). The number of aromatic nitrogens is 2. The van der Waals surface area contributed by atoms with Crippen LogP contribution in [0.1, 0.15) is 17.0 Å². The highest BCUT2D eigenvalue weighted by molar-refractivity contribution is 7.89. The van der Waals surface area contributed by atoms with Crippen molar-refractivity contribution in [3.8, 4) is 0 Å². The Morgan fingerprint density at radius 1 is 1.03 bits per heavy atom. The number of nitrogens with zero attached hydrogens (tertiary/aromatic N) is 1. The van der Waals surface area contributed by atoms with Crippen molar-refractivity contribution in [3.63, 3.8) is 0 Å². The Bertz CT molecular complexity index is 1250. The Hall–Kier alpha value is -2.87. The van der Waals surface area contributed by atoms with E-state index in [1.807, 2.05) is 48.7 Å². The van der Waals surface area contributed by atoms with Gasteiger partial charge in [-0.15, -0.1) is 0 Å². The van der Waals surface area contributed by atoms with Crippen LogP contribution in [-0.2, 0) is 10.0 Å². The van der Waals surface area contributed by atoms with Crippen molar-refractivity contribution in [1.82, 2.24) is 9.97 Å². The van der Waals surface area contributed by atoms with Crippen LogP contribution in [0.25, 0.3) is 10.9 Å². The number of hydrogen-bond donors (Lipinski definition) is 3. The quantitative estimate of drug-likeness (QED) is 0.432. The number of pyridine rings is 1. The lowest BCUT2D eigenvalue weighted by molar-refractivity contribution is 0.597. The molecular weight excluding hydrogens is 408 g/mol. The molecule has 4 N–H and O–H groups in total. The zero-order valence-corrected chi connectivity index (χ0v) is 16.9. The minimum Gasteiger partial charge on any atom is -0.369 e. The maximum atomic E-state index is 11.4. The standard InChI is InChI=1S/C21H19ClN4O2S/c22-19-7-3-1-5-15(19)17(18-12-24-20-8-4-2-6-16(18)20)13-26-21-10-9-14(11-25-21)29(23,27)28/h1-12,17,24H,13H2,(H,25,26)(H2,23,27,28). The molecule has 0 saturated heterocycles. The Morgan fingerprint density at radius 3 is 2.52 bits per heavy atom. The number of halogens is 1. The van der Waals surface area contributed by atoms with Gasteiger partial charge in [0.2, 0.25) is 10.0 Å². The number of sulfonamides is 1. The second-order valence-corrected chi connectivity index (χ2v) is 8.64. The van der Waals surface area contributed by atoms with Gasteiger partial charge >= 0.3 is 0 Å². The molecule has 0 aliphatic rings. The van der Waals surface area contributed by atoms with Gasteiger partial charge in [0.05, 0.1) is 0 Å². The number of H-pyrrole nitrogens is 1. The molecule has 2 aromatic carbocycles. The normalized spacial score (nSPS) is 12.8. The molecule has 4 aromatic rings. The highest BCUT2D eigenvalue weighted by Gasteiger charge is 2.20. The summed E-state index contributed by atoms with van der Waals surface area (Å²) in [5.74, 6) is 0.508. The molecule has 1 atom stereocenters. The van der Waals surface area contributed by atoms with Crippen LogP contribution in [0.3, 0.4) is 0 Å². The molecule has 29 heavy (non-hydrogen) atoms. The van der Waals surface area contributed by atoms with Gasteiger partial charge in [0.1, 0.15) is 10.7 Å². The maximum absolute atomic E-state index is 11.4. The fourth-order valence-electron chi connectivity index (χ4n) is 3.39. The van der Waals surface area contributed by atoms with E-state index in [1.54, 1.807) is 6.07 Å². The van der Waals surface area contributed by atoms with Crippen LogP contribution in [0.15, 0.2) is 78.0 Å². The number of nitrogens with two attached hydrogens (primary N) is 1. The predicted molar refractivity (Wildman–Crippen MR) is 116 cm³/mol. The summed E-state index contributed by atoms with van der Waals surface area (Å²) in [7, 11) is -3.77. The van der Waals surface area contributed by atoms with Gasteiger partial charge in [-0.05, 0) is 35.4 Å². The first-order valence-electron chi connectivity index (χ1n) is 8.96. The summed E-state index contributed by atoms with van der Waals surface area (Å²) in [5.41, 5.74) is 3.16. The Labute approximate surface area is 173 Å². The third-order valence-electron chi connectivity index (χ3n) is 4.83. The number of nitrogens with one attached hydrogen (secondary N) is 2. The Balaban J connectivity index is 1.67. The average Bonchev–Trinajstić information content (AvgIpc) is 3.13. The molecule has 148 valence electrons. The van der Waals surface area contributed by atoms with Crippen LogP contribution in [0.2, 0.25) is 5.02 Å². The number of anilines is 1. The average molecular weight is 427 g/mol. The number of aromatic amines is 1. The molecule has 2 aromatic heterocycles. The molecule has 0 bridgehead atoms. The van der Waals surface area contributed by atoms with E-state index in [0.717, 1.165) is 22.0 Å². The van der Waals surface area contributed by atoms with Crippen LogP contribution in [0.5, 0.6) is 0 Å². The van der Waals surface area contributed by atoms with Gasteiger partial charge in [0.25, 0.3) is 0 Å². The summed E-state index contributed by atoms with van der Waals surface area (Å²) >= 11 is 6.51. The molecule has 0 radical (unpaired) electrons. The van der Waals surface area contributed by atoms with Gasteiger partial charge in [-0.25, -0.2) is 18.5 Å². The van der Waals surface area contributed by atoms with Gasteiger partial charge in [-0.2, -0.15) is 0 Å². The third kappa shape index (κ3) is 4.12. The van der Waals surface area contributed by atoms with Crippen molar-refractivity contribution in [2.75, 3.05) is 11.9 Å². The van der Waals surface area contributed by atoms with Gasteiger partial charge in [-0.3, -0.25) is 0 Å². The van der Waals surface area contributed by atoms with E-state index in [9.17, 15) is 8.42 Å². The number of para-hydroxylation sites is 1. The summed E-state index contributed by atoms with van der Waals surface area (Å²) in [5, 5.41) is 10.2. The van der Waals surface area contributed by atoms with Crippen molar-refractivity contribution in [1.29, 1.82) is 0 Å². The number of hydrogen-bond acceptors (Lipinski definition) is 4. The van der Waals surface area contributed by atoms with Crippen molar-refractivity contribution in [3.05, 3.63) is 89.2 Å².